The molecule has 0 unspecified atom stereocenters. The largest absolute Gasteiger partial charge is 0.339 e. The highest BCUT2D eigenvalue weighted by Gasteiger charge is 2.53. The van der Waals surface area contributed by atoms with E-state index in [2.05, 4.69) is 15.5 Å². The van der Waals surface area contributed by atoms with Gasteiger partial charge in [-0.25, -0.2) is 8.42 Å². The van der Waals surface area contributed by atoms with Gasteiger partial charge in [-0.3, -0.25) is 4.79 Å². The molecule has 5 rings (SSSR count). The minimum Gasteiger partial charge on any atom is -0.339 e. The first-order chi connectivity index (χ1) is 16.2. The maximum Gasteiger partial charge on any atom is 0.229 e. The summed E-state index contributed by atoms with van der Waals surface area (Å²) >= 11 is 13.3. The summed E-state index contributed by atoms with van der Waals surface area (Å²) in [5.41, 5.74) is 1.48. The van der Waals surface area contributed by atoms with Gasteiger partial charge in [-0.1, -0.05) is 47.4 Å². The van der Waals surface area contributed by atoms with Gasteiger partial charge in [0.2, 0.25) is 11.8 Å². The van der Waals surface area contributed by atoms with E-state index < -0.39 is 15.3 Å². The number of amides is 1. The third-order valence-electron chi connectivity index (χ3n) is 6.38. The van der Waals surface area contributed by atoms with Crippen LogP contribution in [-0.2, 0) is 26.5 Å². The van der Waals surface area contributed by atoms with Crippen LogP contribution in [0.3, 0.4) is 0 Å². The lowest BCUT2D eigenvalue weighted by atomic mass is 9.94. The lowest BCUT2D eigenvalue weighted by molar-refractivity contribution is -0.115. The number of anilines is 1. The highest BCUT2D eigenvalue weighted by atomic mass is 35.5. The fourth-order valence-corrected chi connectivity index (χ4v) is 5.84. The molecule has 0 bridgehead atoms. The molecule has 2 aliphatic carbocycles. The molecule has 34 heavy (non-hydrogen) atoms. The molecule has 0 radical (unpaired) electrons. The molecule has 0 saturated heterocycles. The standard InChI is InChI=1S/C24H23Cl2N3O4S/c1-2-34(31,32)17-7-3-14(4-8-17)11-20(30)27-16-12-18(25)21(19(26)13-16)24(9-10-24)23-28-22(33-29-23)15-5-6-15/h3-4,7-8,12-13,15H,2,5-6,9-11H2,1H3,(H,27,30). The smallest absolute Gasteiger partial charge is 0.229 e. The first-order valence-corrected chi connectivity index (χ1v) is 13.6. The van der Waals surface area contributed by atoms with Crippen LogP contribution in [0.5, 0.6) is 0 Å². The summed E-state index contributed by atoms with van der Waals surface area (Å²) < 4.78 is 29.3. The van der Waals surface area contributed by atoms with E-state index in [1.54, 1.807) is 31.2 Å². The third-order valence-corrected chi connectivity index (χ3v) is 8.72. The fourth-order valence-electron chi connectivity index (χ4n) is 4.11. The number of nitrogens with one attached hydrogen (secondary N) is 1. The summed E-state index contributed by atoms with van der Waals surface area (Å²) in [4.78, 5) is 17.4. The first-order valence-electron chi connectivity index (χ1n) is 11.2. The predicted molar refractivity (Wildman–Crippen MR) is 129 cm³/mol. The predicted octanol–water partition coefficient (Wildman–Crippen LogP) is 5.31. The third kappa shape index (κ3) is 4.46. The number of nitrogens with zero attached hydrogens (tertiary/aromatic N) is 2. The number of hydrogen-bond donors (Lipinski definition) is 1. The van der Waals surface area contributed by atoms with E-state index in [0.29, 0.717) is 38.9 Å². The highest BCUT2D eigenvalue weighted by Crippen LogP contribution is 2.57. The van der Waals surface area contributed by atoms with Crippen molar-refractivity contribution in [3.05, 3.63) is 69.3 Å². The molecule has 2 aromatic carbocycles. The molecule has 0 aliphatic heterocycles. The molecule has 1 heterocycles. The molecule has 1 amide bonds. The van der Waals surface area contributed by atoms with Crippen molar-refractivity contribution in [2.45, 2.75) is 55.3 Å². The lowest BCUT2D eigenvalue weighted by Crippen LogP contribution is -2.16. The van der Waals surface area contributed by atoms with Crippen molar-refractivity contribution in [1.82, 2.24) is 10.1 Å². The Morgan fingerprint density at radius 3 is 2.35 bits per heavy atom. The van der Waals surface area contributed by atoms with Crippen molar-refractivity contribution in [1.29, 1.82) is 0 Å². The molecule has 7 nitrogen and oxygen atoms in total. The Bertz CT molecular complexity index is 1340. The monoisotopic (exact) mass is 519 g/mol. The Morgan fingerprint density at radius 2 is 1.79 bits per heavy atom. The maximum absolute atomic E-state index is 12.6. The zero-order chi connectivity index (χ0) is 24.1. The van der Waals surface area contributed by atoms with Crippen LogP contribution in [0.4, 0.5) is 5.69 Å². The van der Waals surface area contributed by atoms with Crippen LogP contribution < -0.4 is 5.32 Å². The highest BCUT2D eigenvalue weighted by molar-refractivity contribution is 7.91. The number of rotatable bonds is 8. The number of aromatic nitrogens is 2. The summed E-state index contributed by atoms with van der Waals surface area (Å²) in [6.07, 6.45) is 3.89. The fraction of sp³-hybridized carbons (Fsp3) is 0.375. The zero-order valence-electron chi connectivity index (χ0n) is 18.5. The molecule has 2 saturated carbocycles. The van der Waals surface area contributed by atoms with Gasteiger partial charge >= 0.3 is 0 Å². The molecular weight excluding hydrogens is 497 g/mol. The van der Waals surface area contributed by atoms with Crippen molar-refractivity contribution in [3.8, 4) is 0 Å². The van der Waals surface area contributed by atoms with E-state index in [1.165, 1.54) is 12.1 Å². The van der Waals surface area contributed by atoms with Gasteiger partial charge in [0.25, 0.3) is 0 Å². The van der Waals surface area contributed by atoms with E-state index in [9.17, 15) is 13.2 Å². The molecule has 1 N–H and O–H groups in total. The first kappa shape index (κ1) is 23.3. The van der Waals surface area contributed by atoms with Crippen molar-refractivity contribution in [2.75, 3.05) is 11.1 Å². The lowest BCUT2D eigenvalue weighted by Gasteiger charge is -2.17. The number of hydrogen-bond acceptors (Lipinski definition) is 6. The second-order valence-corrected chi connectivity index (χ2v) is 12.0. The molecule has 1 aromatic heterocycles. The molecule has 0 spiro atoms. The normalized spacial score (nSPS) is 16.9. The summed E-state index contributed by atoms with van der Waals surface area (Å²) in [6.45, 7) is 1.59. The topological polar surface area (TPSA) is 102 Å². The molecule has 178 valence electrons. The number of benzene rings is 2. The van der Waals surface area contributed by atoms with Crippen LogP contribution >= 0.6 is 23.2 Å². The Morgan fingerprint density at radius 1 is 1.15 bits per heavy atom. The van der Waals surface area contributed by atoms with Gasteiger partial charge in [-0.2, -0.15) is 4.98 Å². The molecule has 3 aromatic rings. The second-order valence-electron chi connectivity index (χ2n) is 8.90. The van der Waals surface area contributed by atoms with Gasteiger partial charge in [0.15, 0.2) is 15.7 Å². The average molecular weight is 520 g/mol. The van der Waals surface area contributed by atoms with Gasteiger partial charge in [0.1, 0.15) is 0 Å². The van der Waals surface area contributed by atoms with Crippen molar-refractivity contribution >= 4 is 44.6 Å². The molecule has 0 atom stereocenters. The van der Waals surface area contributed by atoms with E-state index in [4.69, 9.17) is 27.7 Å². The van der Waals surface area contributed by atoms with Crippen LogP contribution in [0, 0.1) is 0 Å². The minimum atomic E-state index is -3.28. The number of carbonyl (C=O) groups excluding carboxylic acids is 1. The zero-order valence-corrected chi connectivity index (χ0v) is 20.8. The molecule has 10 heteroatoms. The van der Waals surface area contributed by atoms with Gasteiger partial charge in [0, 0.05) is 27.2 Å². The summed E-state index contributed by atoms with van der Waals surface area (Å²) in [7, 11) is -3.28. The van der Waals surface area contributed by atoms with E-state index >= 15 is 0 Å². The Hall–Kier alpha value is -2.42. The molecule has 2 aliphatic rings. The Kier molecular flexibility index (Phi) is 5.94. The van der Waals surface area contributed by atoms with Crippen molar-refractivity contribution in [3.63, 3.8) is 0 Å². The van der Waals surface area contributed by atoms with E-state index in [0.717, 1.165) is 31.2 Å². The quantitative estimate of drug-likeness (QED) is 0.432. The van der Waals surface area contributed by atoms with E-state index in [1.807, 2.05) is 0 Å². The number of halogens is 2. The van der Waals surface area contributed by atoms with Crippen molar-refractivity contribution < 1.29 is 17.7 Å². The summed E-state index contributed by atoms with van der Waals surface area (Å²) in [6, 6.07) is 9.68. The second kappa shape index (κ2) is 8.66. The molecular formula is C24H23Cl2N3O4S. The van der Waals surface area contributed by atoms with Crippen LogP contribution in [0.1, 0.15) is 61.4 Å². The SMILES string of the molecule is CCS(=O)(=O)c1ccc(CC(=O)Nc2cc(Cl)c(C3(c4noc(C5CC5)n4)CC3)c(Cl)c2)cc1. The van der Waals surface area contributed by atoms with Crippen LogP contribution in [-0.4, -0.2) is 30.2 Å². The summed E-state index contributed by atoms with van der Waals surface area (Å²) in [5.74, 6) is 1.42. The van der Waals surface area contributed by atoms with Gasteiger partial charge in [-0.15, -0.1) is 0 Å². The van der Waals surface area contributed by atoms with Crippen LogP contribution in [0.15, 0.2) is 45.8 Å². The van der Waals surface area contributed by atoms with Gasteiger partial charge in [-0.05, 0) is 55.5 Å². The maximum atomic E-state index is 12.6. The van der Waals surface area contributed by atoms with Gasteiger partial charge < -0.3 is 9.84 Å². The Balaban J connectivity index is 1.30. The average Bonchev–Trinajstić information content (AvgIpc) is 3.73. The van der Waals surface area contributed by atoms with Gasteiger partial charge in [0.05, 0.1) is 22.5 Å². The summed E-state index contributed by atoms with van der Waals surface area (Å²) in [5, 5.41) is 7.90. The van der Waals surface area contributed by atoms with E-state index in [-0.39, 0.29) is 23.0 Å². The van der Waals surface area contributed by atoms with Crippen LogP contribution in [0.2, 0.25) is 10.0 Å². The van der Waals surface area contributed by atoms with Crippen LogP contribution in [0.25, 0.3) is 0 Å². The Labute approximate surface area is 207 Å². The van der Waals surface area contributed by atoms with Crippen molar-refractivity contribution in [2.24, 2.45) is 0 Å². The minimum absolute atomic E-state index is 0.0278. The number of carbonyl (C=O) groups is 1. The number of sulfone groups is 1. The molecule has 2 fully saturated rings.